The summed E-state index contributed by atoms with van der Waals surface area (Å²) in [4.78, 5) is 37.6. The van der Waals surface area contributed by atoms with Gasteiger partial charge in [0.2, 0.25) is 5.91 Å². The van der Waals surface area contributed by atoms with Crippen LogP contribution in [0.3, 0.4) is 0 Å². The van der Waals surface area contributed by atoms with Crippen molar-refractivity contribution in [3.05, 3.63) is 60.2 Å². The highest BCUT2D eigenvalue weighted by molar-refractivity contribution is 6.39. The van der Waals surface area contributed by atoms with E-state index in [0.29, 0.717) is 11.4 Å². The van der Waals surface area contributed by atoms with E-state index < -0.39 is 11.8 Å². The van der Waals surface area contributed by atoms with Gasteiger partial charge in [0, 0.05) is 24.1 Å². The summed E-state index contributed by atoms with van der Waals surface area (Å²) in [6.07, 6.45) is 0.909. The first-order valence-corrected chi connectivity index (χ1v) is 8.95. The van der Waals surface area contributed by atoms with E-state index in [4.69, 9.17) is 0 Å². The molecule has 28 heavy (non-hydrogen) atoms. The monoisotopic (exact) mass is 380 g/mol. The van der Waals surface area contributed by atoms with Gasteiger partial charge in [-0.2, -0.15) is 5.10 Å². The van der Waals surface area contributed by atoms with Crippen LogP contribution in [-0.2, 0) is 20.8 Å². The van der Waals surface area contributed by atoms with Crippen molar-refractivity contribution in [2.24, 2.45) is 5.10 Å². The first kappa shape index (κ1) is 20.8. The molecule has 0 aliphatic heterocycles. The van der Waals surface area contributed by atoms with Crippen LogP contribution in [0, 0.1) is 0 Å². The normalized spacial score (nSPS) is 10.9. The fourth-order valence-corrected chi connectivity index (χ4v) is 2.38. The molecule has 0 aromatic heterocycles. The number of hydrazone groups is 1. The maximum absolute atomic E-state index is 12.3. The van der Waals surface area contributed by atoms with Crippen molar-refractivity contribution in [2.75, 3.05) is 17.3 Å². The molecule has 2 aromatic rings. The highest BCUT2D eigenvalue weighted by Crippen LogP contribution is 2.12. The summed E-state index contributed by atoms with van der Waals surface area (Å²) in [7, 11) is 1.67. The smallest absolute Gasteiger partial charge is 0.318 e. The second-order valence-corrected chi connectivity index (χ2v) is 6.26. The van der Waals surface area contributed by atoms with E-state index in [0.717, 1.165) is 17.7 Å². The number of rotatable bonds is 6. The number of hydrogen-bond acceptors (Lipinski definition) is 4. The molecule has 146 valence electrons. The Bertz CT molecular complexity index is 861. The molecule has 0 spiro atoms. The van der Waals surface area contributed by atoms with Gasteiger partial charge in [-0.15, -0.1) is 0 Å². The fourth-order valence-electron chi connectivity index (χ4n) is 2.38. The topological polar surface area (TPSA) is 90.9 Å². The molecule has 0 aliphatic rings. The van der Waals surface area contributed by atoms with Crippen molar-refractivity contribution in [1.82, 2.24) is 5.43 Å². The van der Waals surface area contributed by atoms with Crippen LogP contribution in [0.2, 0.25) is 0 Å². The molecule has 2 aromatic carbocycles. The van der Waals surface area contributed by atoms with E-state index >= 15 is 0 Å². The average Bonchev–Trinajstić information content (AvgIpc) is 2.72. The number of anilines is 2. The van der Waals surface area contributed by atoms with Crippen LogP contribution in [0.5, 0.6) is 0 Å². The zero-order valence-electron chi connectivity index (χ0n) is 16.2. The third-order valence-corrected chi connectivity index (χ3v) is 4.10. The van der Waals surface area contributed by atoms with Crippen molar-refractivity contribution in [2.45, 2.75) is 26.7 Å². The molecule has 7 nitrogen and oxygen atoms in total. The second-order valence-electron chi connectivity index (χ2n) is 6.26. The van der Waals surface area contributed by atoms with Crippen LogP contribution in [0.1, 0.15) is 25.8 Å². The number of nitrogens with one attached hydrogen (secondary N) is 2. The lowest BCUT2D eigenvalue weighted by Gasteiger charge is -2.17. The summed E-state index contributed by atoms with van der Waals surface area (Å²) >= 11 is 0. The summed E-state index contributed by atoms with van der Waals surface area (Å²) < 4.78 is 0. The minimum atomic E-state index is -0.900. The largest absolute Gasteiger partial charge is 0.329 e. The summed E-state index contributed by atoms with van der Waals surface area (Å²) in [6, 6.07) is 16.4. The van der Waals surface area contributed by atoms with Gasteiger partial charge in [0.15, 0.2) is 0 Å². The van der Waals surface area contributed by atoms with E-state index in [1.807, 2.05) is 49.4 Å². The van der Waals surface area contributed by atoms with E-state index in [9.17, 15) is 14.4 Å². The molecule has 0 heterocycles. The number of benzene rings is 2. The summed E-state index contributed by atoms with van der Waals surface area (Å²) in [6.45, 7) is 3.64. The lowest BCUT2D eigenvalue weighted by molar-refractivity contribution is -0.136. The molecule has 3 amide bonds. The van der Waals surface area contributed by atoms with Gasteiger partial charge in [0.05, 0.1) is 6.42 Å². The zero-order valence-corrected chi connectivity index (χ0v) is 16.2. The average molecular weight is 380 g/mol. The van der Waals surface area contributed by atoms with Crippen molar-refractivity contribution >= 4 is 34.8 Å². The molecule has 0 fully saturated rings. The summed E-state index contributed by atoms with van der Waals surface area (Å²) in [5, 5.41) is 6.34. The molecule has 0 radical (unpaired) electrons. The number of hydrogen-bond donors (Lipinski definition) is 2. The predicted octanol–water partition coefficient (Wildman–Crippen LogP) is 2.73. The number of amides is 3. The van der Waals surface area contributed by atoms with E-state index in [1.165, 1.54) is 4.90 Å². The van der Waals surface area contributed by atoms with Crippen LogP contribution in [0.4, 0.5) is 11.4 Å². The Hall–Kier alpha value is -3.48. The summed E-state index contributed by atoms with van der Waals surface area (Å²) in [5.74, 6) is -1.90. The van der Waals surface area contributed by atoms with Gasteiger partial charge < -0.3 is 10.2 Å². The SMILES string of the molecule is CCc1ccc(NC(=O)C(=O)NN=C(C)CC(=O)N(C)c2ccccc2)cc1. The lowest BCUT2D eigenvalue weighted by atomic mass is 10.1. The number of nitrogens with zero attached hydrogens (tertiary/aromatic N) is 2. The van der Waals surface area contributed by atoms with Crippen molar-refractivity contribution in [3.63, 3.8) is 0 Å². The van der Waals surface area contributed by atoms with E-state index in [2.05, 4.69) is 15.8 Å². The highest BCUT2D eigenvalue weighted by atomic mass is 16.2. The molecule has 0 atom stereocenters. The van der Waals surface area contributed by atoms with Crippen molar-refractivity contribution in [1.29, 1.82) is 0 Å². The third kappa shape index (κ3) is 6.05. The zero-order chi connectivity index (χ0) is 20.5. The predicted molar refractivity (Wildman–Crippen MR) is 110 cm³/mol. The quantitative estimate of drug-likeness (QED) is 0.459. The number of carbonyl (C=O) groups is 3. The van der Waals surface area contributed by atoms with Crippen LogP contribution >= 0.6 is 0 Å². The Balaban J connectivity index is 1.86. The molecule has 7 heteroatoms. The molecule has 0 saturated carbocycles. The van der Waals surface area contributed by atoms with Crippen LogP contribution < -0.4 is 15.6 Å². The Morgan fingerprint density at radius 3 is 2.21 bits per heavy atom. The van der Waals surface area contributed by atoms with Crippen LogP contribution in [0.25, 0.3) is 0 Å². The Morgan fingerprint density at radius 2 is 1.61 bits per heavy atom. The minimum Gasteiger partial charge on any atom is -0.318 e. The van der Waals surface area contributed by atoms with Gasteiger partial charge in [-0.1, -0.05) is 37.3 Å². The summed E-state index contributed by atoms with van der Waals surface area (Å²) in [5.41, 5.74) is 4.99. The molecule has 0 unspecified atom stereocenters. The second kappa shape index (κ2) is 10.0. The third-order valence-electron chi connectivity index (χ3n) is 4.10. The van der Waals surface area contributed by atoms with Gasteiger partial charge in [0.25, 0.3) is 0 Å². The maximum atomic E-state index is 12.3. The molecule has 2 rings (SSSR count). The first-order chi connectivity index (χ1) is 13.4. The Labute approximate surface area is 164 Å². The molecular formula is C21H24N4O3. The van der Waals surface area contributed by atoms with E-state index in [-0.39, 0.29) is 12.3 Å². The van der Waals surface area contributed by atoms with Crippen molar-refractivity contribution < 1.29 is 14.4 Å². The fraction of sp³-hybridized carbons (Fsp3) is 0.238. The Kier molecular flexibility index (Phi) is 7.45. The molecular weight excluding hydrogens is 356 g/mol. The lowest BCUT2D eigenvalue weighted by Crippen LogP contribution is -2.33. The number of para-hydroxylation sites is 1. The van der Waals surface area contributed by atoms with Gasteiger partial charge in [0.1, 0.15) is 0 Å². The molecule has 0 aliphatic carbocycles. The molecule has 2 N–H and O–H groups in total. The Morgan fingerprint density at radius 1 is 0.964 bits per heavy atom. The van der Waals surface area contributed by atoms with Gasteiger partial charge in [-0.05, 0) is 43.2 Å². The highest BCUT2D eigenvalue weighted by Gasteiger charge is 2.15. The van der Waals surface area contributed by atoms with Gasteiger partial charge in [-0.25, -0.2) is 5.43 Å². The van der Waals surface area contributed by atoms with Crippen molar-refractivity contribution in [3.8, 4) is 0 Å². The molecule has 0 saturated heterocycles. The maximum Gasteiger partial charge on any atom is 0.329 e. The van der Waals surface area contributed by atoms with Crippen LogP contribution in [0.15, 0.2) is 59.7 Å². The first-order valence-electron chi connectivity index (χ1n) is 8.95. The minimum absolute atomic E-state index is 0.0196. The van der Waals surface area contributed by atoms with Gasteiger partial charge >= 0.3 is 11.8 Å². The molecule has 0 bridgehead atoms. The number of carbonyl (C=O) groups excluding carboxylic acids is 3. The number of aryl methyl sites for hydroxylation is 1. The standard InChI is InChI=1S/C21H24N4O3/c1-4-16-10-12-17(13-11-16)22-20(27)21(28)24-23-15(2)14-19(26)25(3)18-8-6-5-7-9-18/h5-13H,4,14H2,1-3H3,(H,22,27)(H,24,28). The van der Waals surface area contributed by atoms with Crippen LogP contribution in [-0.4, -0.2) is 30.5 Å². The van der Waals surface area contributed by atoms with Gasteiger partial charge in [-0.3, -0.25) is 14.4 Å². The van der Waals surface area contributed by atoms with E-state index in [1.54, 1.807) is 26.1 Å².